The van der Waals surface area contributed by atoms with Crippen LogP contribution in [0.2, 0.25) is 0 Å². The number of fused-ring (bicyclic) bond motifs is 1. The van der Waals surface area contributed by atoms with Crippen LogP contribution >= 0.6 is 0 Å². The van der Waals surface area contributed by atoms with E-state index in [-0.39, 0.29) is 37.4 Å². The van der Waals surface area contributed by atoms with Crippen LogP contribution in [0.4, 0.5) is 20.6 Å². The third-order valence-electron chi connectivity index (χ3n) is 5.99. The van der Waals surface area contributed by atoms with Gasteiger partial charge in [-0.15, -0.1) is 12.3 Å². The van der Waals surface area contributed by atoms with E-state index in [0.717, 1.165) is 5.56 Å². The molecule has 4 aromatic rings. The maximum absolute atomic E-state index is 14.1. The standard InChI is InChI=1S/C28H25FN4O6S/c1-2-6-19-9-11-25(27(15-19)33(35)36)32-40(37,38)18-26-22(23-16-21(29)10-12-24(23)31-26)13-14-39-28(34)30-17-20-7-4-3-5-8-20/h1,3-5,7-12,15-16,31-32H,6,13-14,17-18H2,(H,30,34). The first-order valence-electron chi connectivity index (χ1n) is 12.1. The Kier molecular flexibility index (Phi) is 8.66. The van der Waals surface area contributed by atoms with Crippen LogP contribution in [0.3, 0.4) is 0 Å². The van der Waals surface area contributed by atoms with Gasteiger partial charge in [-0.25, -0.2) is 17.6 Å². The summed E-state index contributed by atoms with van der Waals surface area (Å²) in [6, 6.07) is 17.2. The van der Waals surface area contributed by atoms with Crippen molar-refractivity contribution in [3.05, 3.63) is 105 Å². The molecule has 10 nitrogen and oxygen atoms in total. The number of nitro benzene ring substituents is 1. The van der Waals surface area contributed by atoms with Crippen LogP contribution in [0.1, 0.15) is 22.4 Å². The number of aromatic amines is 1. The number of rotatable bonds is 11. The number of ether oxygens (including phenoxy) is 1. The van der Waals surface area contributed by atoms with Crippen LogP contribution in [-0.2, 0) is 39.9 Å². The molecule has 0 bridgehead atoms. The van der Waals surface area contributed by atoms with Crippen molar-refractivity contribution in [2.24, 2.45) is 0 Å². The van der Waals surface area contributed by atoms with E-state index in [4.69, 9.17) is 11.2 Å². The number of sulfonamides is 1. The molecule has 0 unspecified atom stereocenters. The average Bonchev–Trinajstić information content (AvgIpc) is 3.24. The van der Waals surface area contributed by atoms with Crippen molar-refractivity contribution < 1.29 is 27.3 Å². The highest BCUT2D eigenvalue weighted by atomic mass is 32.2. The fourth-order valence-electron chi connectivity index (χ4n) is 4.19. The number of terminal acetylenes is 1. The highest BCUT2D eigenvalue weighted by Crippen LogP contribution is 2.29. The average molecular weight is 565 g/mol. The van der Waals surface area contributed by atoms with E-state index in [1.165, 1.54) is 36.4 Å². The molecule has 3 N–H and O–H groups in total. The third kappa shape index (κ3) is 7.15. The largest absolute Gasteiger partial charge is 0.449 e. The molecule has 0 saturated heterocycles. The molecule has 0 radical (unpaired) electrons. The molecular weight excluding hydrogens is 539 g/mol. The summed E-state index contributed by atoms with van der Waals surface area (Å²) in [7, 11) is -4.17. The number of nitro groups is 1. The van der Waals surface area contributed by atoms with Gasteiger partial charge in [0.2, 0.25) is 10.0 Å². The van der Waals surface area contributed by atoms with Crippen molar-refractivity contribution in [3.63, 3.8) is 0 Å². The molecule has 0 aliphatic heterocycles. The van der Waals surface area contributed by atoms with Gasteiger partial charge >= 0.3 is 6.09 Å². The first kappa shape index (κ1) is 28.1. The van der Waals surface area contributed by atoms with Gasteiger partial charge in [0.1, 0.15) is 17.3 Å². The van der Waals surface area contributed by atoms with Crippen LogP contribution in [0.5, 0.6) is 0 Å². The summed E-state index contributed by atoms with van der Waals surface area (Å²) >= 11 is 0. The SMILES string of the molecule is C#CCc1ccc(NS(=O)(=O)Cc2[nH]c3ccc(F)cc3c2CCOC(=O)NCc2ccccc2)c([N+](=O)[O-])c1. The van der Waals surface area contributed by atoms with Gasteiger partial charge in [-0.05, 0) is 41.0 Å². The minimum Gasteiger partial charge on any atom is -0.449 e. The molecule has 0 aliphatic rings. The van der Waals surface area contributed by atoms with E-state index in [1.54, 1.807) is 0 Å². The Bertz CT molecular complexity index is 1700. The monoisotopic (exact) mass is 564 g/mol. The first-order valence-corrected chi connectivity index (χ1v) is 13.7. The van der Waals surface area contributed by atoms with Crippen molar-refractivity contribution in [1.82, 2.24) is 10.3 Å². The minimum absolute atomic E-state index is 0.0913. The number of alkyl carbamates (subject to hydrolysis) is 1. The van der Waals surface area contributed by atoms with Gasteiger partial charge in [0.05, 0.1) is 11.5 Å². The van der Waals surface area contributed by atoms with Gasteiger partial charge in [0.25, 0.3) is 5.69 Å². The maximum Gasteiger partial charge on any atom is 0.407 e. The minimum atomic E-state index is -4.17. The van der Waals surface area contributed by atoms with Crippen LogP contribution in [0, 0.1) is 28.3 Å². The summed E-state index contributed by atoms with van der Waals surface area (Å²) in [6.07, 6.45) is 4.85. The molecule has 1 heterocycles. The second-order valence-corrected chi connectivity index (χ2v) is 10.6. The molecule has 0 aliphatic carbocycles. The Morgan fingerprint density at radius 2 is 1.88 bits per heavy atom. The molecule has 0 fully saturated rings. The molecule has 1 amide bonds. The van der Waals surface area contributed by atoms with Crippen molar-refractivity contribution in [2.45, 2.75) is 25.1 Å². The van der Waals surface area contributed by atoms with Gasteiger partial charge in [-0.1, -0.05) is 36.4 Å². The zero-order valence-electron chi connectivity index (χ0n) is 21.1. The lowest BCUT2D eigenvalue weighted by molar-refractivity contribution is -0.383. The van der Waals surface area contributed by atoms with Crippen LogP contribution in [0.25, 0.3) is 10.9 Å². The lowest BCUT2D eigenvalue weighted by Crippen LogP contribution is -2.24. The van der Waals surface area contributed by atoms with E-state index in [2.05, 4.69) is 20.9 Å². The van der Waals surface area contributed by atoms with Gasteiger partial charge in [0.15, 0.2) is 0 Å². The lowest BCUT2D eigenvalue weighted by Gasteiger charge is -2.11. The normalized spacial score (nSPS) is 11.1. The van der Waals surface area contributed by atoms with Crippen LogP contribution < -0.4 is 10.0 Å². The molecule has 0 spiro atoms. The summed E-state index contributed by atoms with van der Waals surface area (Å²) < 4.78 is 47.8. The quantitative estimate of drug-likeness (QED) is 0.136. The number of carbonyl (C=O) groups is 1. The van der Waals surface area contributed by atoms with E-state index in [0.29, 0.717) is 22.0 Å². The Morgan fingerprint density at radius 3 is 2.60 bits per heavy atom. The fourth-order valence-corrected chi connectivity index (χ4v) is 5.39. The van der Waals surface area contributed by atoms with Gasteiger partial charge in [-0.3, -0.25) is 14.8 Å². The number of H-pyrrole nitrogens is 1. The topological polar surface area (TPSA) is 143 Å². The number of hydrogen-bond acceptors (Lipinski definition) is 6. The van der Waals surface area contributed by atoms with Crippen LogP contribution in [-0.4, -0.2) is 31.0 Å². The number of anilines is 1. The fraction of sp³-hybridized carbons (Fsp3) is 0.179. The Hall–Kier alpha value is -4.89. The van der Waals surface area contributed by atoms with Crippen LogP contribution in [0.15, 0.2) is 66.7 Å². The zero-order valence-corrected chi connectivity index (χ0v) is 22.0. The highest BCUT2D eigenvalue weighted by molar-refractivity contribution is 7.91. The van der Waals surface area contributed by atoms with Crippen molar-refractivity contribution >= 4 is 38.4 Å². The summed E-state index contributed by atoms with van der Waals surface area (Å²) in [6.45, 7) is 0.162. The van der Waals surface area contributed by atoms with E-state index in [1.807, 2.05) is 30.3 Å². The summed E-state index contributed by atoms with van der Waals surface area (Å²) in [5, 5.41) is 14.6. The smallest absolute Gasteiger partial charge is 0.407 e. The number of nitrogens with one attached hydrogen (secondary N) is 3. The summed E-state index contributed by atoms with van der Waals surface area (Å²) in [4.78, 5) is 26.0. The number of nitrogens with zero attached hydrogens (tertiary/aromatic N) is 1. The molecular formula is C28H25FN4O6S. The van der Waals surface area contributed by atoms with Gasteiger partial charge in [0, 0.05) is 42.0 Å². The molecule has 0 saturated carbocycles. The number of carbonyl (C=O) groups excluding carboxylic acids is 1. The van der Waals surface area contributed by atoms with E-state index < -0.39 is 38.3 Å². The maximum atomic E-state index is 14.1. The first-order chi connectivity index (χ1) is 19.1. The summed E-state index contributed by atoms with van der Waals surface area (Å²) in [5.74, 6) is 1.27. The number of benzene rings is 3. The molecule has 40 heavy (non-hydrogen) atoms. The predicted octanol–water partition coefficient (Wildman–Crippen LogP) is 4.80. The second-order valence-electron chi connectivity index (χ2n) is 8.85. The molecule has 12 heteroatoms. The number of halogens is 1. The van der Waals surface area contributed by atoms with Crippen molar-refractivity contribution in [1.29, 1.82) is 0 Å². The lowest BCUT2D eigenvalue weighted by atomic mass is 10.1. The Balaban J connectivity index is 1.51. The third-order valence-corrected chi connectivity index (χ3v) is 7.19. The van der Waals surface area contributed by atoms with E-state index >= 15 is 0 Å². The molecule has 1 aromatic heterocycles. The molecule has 4 rings (SSSR count). The number of hydrogen-bond donors (Lipinski definition) is 3. The van der Waals surface area contributed by atoms with E-state index in [9.17, 15) is 27.7 Å². The number of amides is 1. The molecule has 206 valence electrons. The van der Waals surface area contributed by atoms with Gasteiger partial charge in [-0.2, -0.15) is 0 Å². The summed E-state index contributed by atoms with van der Waals surface area (Å²) in [5.41, 5.74) is 1.88. The van der Waals surface area contributed by atoms with Crippen molar-refractivity contribution in [2.75, 3.05) is 11.3 Å². The van der Waals surface area contributed by atoms with Crippen molar-refractivity contribution in [3.8, 4) is 12.3 Å². The Labute approximate surface area is 229 Å². The molecule has 0 atom stereocenters. The second kappa shape index (κ2) is 12.3. The van der Waals surface area contributed by atoms with Gasteiger partial charge < -0.3 is 15.0 Å². The zero-order chi connectivity index (χ0) is 28.7. The predicted molar refractivity (Wildman–Crippen MR) is 148 cm³/mol. The number of aromatic nitrogens is 1. The Morgan fingerprint density at radius 1 is 1.10 bits per heavy atom. The highest BCUT2D eigenvalue weighted by Gasteiger charge is 2.23. The molecule has 3 aromatic carbocycles.